The zero-order valence-corrected chi connectivity index (χ0v) is 7.73. The molecule has 0 spiro atoms. The minimum Gasteiger partial charge on any atom is -0.351 e. The second-order valence-corrected chi connectivity index (χ2v) is 3.85. The molecule has 70 valence electrons. The molecular formula is C9H18N2O. The molecule has 1 fully saturated rings. The molecule has 1 saturated carbocycles. The van der Waals surface area contributed by atoms with Gasteiger partial charge in [-0.3, -0.25) is 4.79 Å². The van der Waals surface area contributed by atoms with E-state index < -0.39 is 0 Å². The Hall–Kier alpha value is -0.570. The molecule has 0 aromatic rings. The summed E-state index contributed by atoms with van der Waals surface area (Å²) >= 11 is 0. The average molecular weight is 170 g/mol. The monoisotopic (exact) mass is 170 g/mol. The lowest BCUT2D eigenvalue weighted by molar-refractivity contribution is -0.123. The number of carbonyl (C=O) groups is 1. The van der Waals surface area contributed by atoms with Gasteiger partial charge < -0.3 is 11.1 Å². The first-order chi connectivity index (χ1) is 5.66. The summed E-state index contributed by atoms with van der Waals surface area (Å²) in [7, 11) is 0. The number of hydrogen-bond donors (Lipinski definition) is 2. The summed E-state index contributed by atoms with van der Waals surface area (Å²) in [5.41, 5.74) is 5.41. The summed E-state index contributed by atoms with van der Waals surface area (Å²) in [6.45, 7) is 2.71. The minimum absolute atomic E-state index is 0.103. The highest BCUT2D eigenvalue weighted by atomic mass is 16.1. The number of hydrogen-bond acceptors (Lipinski definition) is 2. The zero-order chi connectivity index (χ0) is 9.03. The molecule has 0 aliphatic heterocycles. The maximum absolute atomic E-state index is 11.2. The fourth-order valence-corrected chi connectivity index (χ4v) is 1.49. The van der Waals surface area contributed by atoms with E-state index in [0.29, 0.717) is 13.0 Å². The number of amides is 1. The van der Waals surface area contributed by atoms with Gasteiger partial charge in [-0.15, -0.1) is 0 Å². The van der Waals surface area contributed by atoms with Crippen LogP contribution < -0.4 is 11.1 Å². The van der Waals surface area contributed by atoms with E-state index in [1.54, 1.807) is 0 Å². The topological polar surface area (TPSA) is 55.1 Å². The molecule has 1 aliphatic rings. The van der Waals surface area contributed by atoms with E-state index >= 15 is 0 Å². The Morgan fingerprint density at radius 2 is 2.25 bits per heavy atom. The van der Waals surface area contributed by atoms with Gasteiger partial charge in [0.25, 0.3) is 0 Å². The van der Waals surface area contributed by atoms with Crippen LogP contribution in [-0.2, 0) is 4.79 Å². The highest BCUT2D eigenvalue weighted by Gasteiger charge is 2.32. The summed E-state index contributed by atoms with van der Waals surface area (Å²) in [4.78, 5) is 11.2. The van der Waals surface area contributed by atoms with Gasteiger partial charge in [-0.25, -0.2) is 0 Å². The molecule has 1 rings (SSSR count). The Morgan fingerprint density at radius 3 is 2.67 bits per heavy atom. The van der Waals surface area contributed by atoms with E-state index in [9.17, 15) is 4.79 Å². The van der Waals surface area contributed by atoms with Crippen molar-refractivity contribution in [3.8, 4) is 0 Å². The highest BCUT2D eigenvalue weighted by molar-refractivity contribution is 5.76. The third kappa shape index (κ3) is 2.48. The summed E-state index contributed by atoms with van der Waals surface area (Å²) in [5, 5.41) is 3.03. The van der Waals surface area contributed by atoms with Crippen LogP contribution in [-0.4, -0.2) is 18.0 Å². The van der Waals surface area contributed by atoms with Gasteiger partial charge in [0.15, 0.2) is 0 Å². The molecule has 0 radical (unpaired) electrons. The Morgan fingerprint density at radius 1 is 1.58 bits per heavy atom. The van der Waals surface area contributed by atoms with Crippen LogP contribution in [0.15, 0.2) is 0 Å². The van der Waals surface area contributed by atoms with E-state index in [-0.39, 0.29) is 11.4 Å². The Balaban J connectivity index is 2.16. The fraction of sp³-hybridized carbons (Fsp3) is 0.889. The average Bonchev–Trinajstić information content (AvgIpc) is 1.98. The number of carbonyl (C=O) groups excluding carboxylic acids is 1. The van der Waals surface area contributed by atoms with Crippen molar-refractivity contribution in [3.63, 3.8) is 0 Å². The van der Waals surface area contributed by atoms with E-state index in [2.05, 4.69) is 12.2 Å². The van der Waals surface area contributed by atoms with Crippen molar-refractivity contribution in [3.05, 3.63) is 0 Å². The molecule has 0 heterocycles. The molecular weight excluding hydrogens is 152 g/mol. The van der Waals surface area contributed by atoms with Crippen LogP contribution >= 0.6 is 0 Å². The van der Waals surface area contributed by atoms with E-state index in [0.717, 1.165) is 19.3 Å². The van der Waals surface area contributed by atoms with E-state index in [4.69, 9.17) is 5.73 Å². The standard InChI is InChI=1S/C9H18N2O/c1-9(5-3-6-9)11-8(12)4-2-7-10/h2-7,10H2,1H3,(H,11,12). The normalized spacial score (nSPS) is 19.8. The number of rotatable bonds is 4. The van der Waals surface area contributed by atoms with Crippen LogP contribution in [0, 0.1) is 0 Å². The molecule has 1 aliphatic carbocycles. The maximum atomic E-state index is 11.2. The van der Waals surface area contributed by atoms with Gasteiger partial charge in [-0.05, 0) is 39.2 Å². The smallest absolute Gasteiger partial charge is 0.220 e. The Labute approximate surface area is 73.7 Å². The van der Waals surface area contributed by atoms with Crippen LogP contribution in [0.25, 0.3) is 0 Å². The molecule has 0 atom stereocenters. The van der Waals surface area contributed by atoms with Crippen molar-refractivity contribution in [2.24, 2.45) is 5.73 Å². The second-order valence-electron chi connectivity index (χ2n) is 3.85. The molecule has 1 amide bonds. The van der Waals surface area contributed by atoms with E-state index in [1.807, 2.05) is 0 Å². The van der Waals surface area contributed by atoms with Crippen molar-refractivity contribution < 1.29 is 4.79 Å². The van der Waals surface area contributed by atoms with Crippen LogP contribution in [0.5, 0.6) is 0 Å². The Bertz CT molecular complexity index is 164. The number of nitrogens with one attached hydrogen (secondary N) is 1. The third-order valence-electron chi connectivity index (χ3n) is 2.51. The predicted octanol–water partition coefficient (Wildman–Crippen LogP) is 0.784. The van der Waals surface area contributed by atoms with Gasteiger partial charge in [0.05, 0.1) is 0 Å². The van der Waals surface area contributed by atoms with Gasteiger partial charge in [-0.2, -0.15) is 0 Å². The Kier molecular flexibility index (Phi) is 3.09. The maximum Gasteiger partial charge on any atom is 0.220 e. The molecule has 12 heavy (non-hydrogen) atoms. The first-order valence-electron chi connectivity index (χ1n) is 4.67. The lowest BCUT2D eigenvalue weighted by Gasteiger charge is -2.39. The van der Waals surface area contributed by atoms with Crippen molar-refractivity contribution in [1.29, 1.82) is 0 Å². The van der Waals surface area contributed by atoms with Crippen LogP contribution in [0.3, 0.4) is 0 Å². The summed E-state index contributed by atoms with van der Waals surface area (Å²) in [6, 6.07) is 0. The molecule has 0 aromatic carbocycles. The summed E-state index contributed by atoms with van der Waals surface area (Å²) < 4.78 is 0. The molecule has 0 saturated heterocycles. The summed E-state index contributed by atoms with van der Waals surface area (Å²) in [6.07, 6.45) is 4.87. The fourth-order valence-electron chi connectivity index (χ4n) is 1.49. The molecule has 0 aromatic heterocycles. The van der Waals surface area contributed by atoms with Gasteiger partial charge in [0.2, 0.25) is 5.91 Å². The quantitative estimate of drug-likeness (QED) is 0.655. The van der Waals surface area contributed by atoms with E-state index in [1.165, 1.54) is 6.42 Å². The van der Waals surface area contributed by atoms with Crippen LogP contribution in [0.4, 0.5) is 0 Å². The van der Waals surface area contributed by atoms with Gasteiger partial charge >= 0.3 is 0 Å². The lowest BCUT2D eigenvalue weighted by atomic mass is 9.78. The van der Waals surface area contributed by atoms with Crippen molar-refractivity contribution in [1.82, 2.24) is 5.32 Å². The third-order valence-corrected chi connectivity index (χ3v) is 2.51. The molecule has 3 heteroatoms. The number of nitrogens with two attached hydrogens (primary N) is 1. The SMILES string of the molecule is CC1(NC(=O)CCCN)CCC1. The molecule has 0 unspecified atom stereocenters. The highest BCUT2D eigenvalue weighted by Crippen LogP contribution is 2.30. The largest absolute Gasteiger partial charge is 0.351 e. The lowest BCUT2D eigenvalue weighted by Crippen LogP contribution is -2.50. The molecule has 3 nitrogen and oxygen atoms in total. The first-order valence-corrected chi connectivity index (χ1v) is 4.67. The van der Waals surface area contributed by atoms with Crippen LogP contribution in [0.2, 0.25) is 0 Å². The minimum atomic E-state index is 0.103. The van der Waals surface area contributed by atoms with Crippen LogP contribution in [0.1, 0.15) is 39.0 Å². The van der Waals surface area contributed by atoms with Gasteiger partial charge in [-0.1, -0.05) is 0 Å². The second kappa shape index (κ2) is 3.90. The van der Waals surface area contributed by atoms with Crippen molar-refractivity contribution in [2.45, 2.75) is 44.6 Å². The molecule has 3 N–H and O–H groups in total. The summed E-state index contributed by atoms with van der Waals surface area (Å²) in [5.74, 6) is 0.155. The van der Waals surface area contributed by atoms with Crippen molar-refractivity contribution >= 4 is 5.91 Å². The van der Waals surface area contributed by atoms with Gasteiger partial charge in [0, 0.05) is 12.0 Å². The zero-order valence-electron chi connectivity index (χ0n) is 7.73. The molecule has 0 bridgehead atoms. The van der Waals surface area contributed by atoms with Gasteiger partial charge in [0.1, 0.15) is 0 Å². The first kappa shape index (κ1) is 9.52. The predicted molar refractivity (Wildman–Crippen MR) is 48.7 cm³/mol. The van der Waals surface area contributed by atoms with Crippen molar-refractivity contribution in [2.75, 3.05) is 6.54 Å².